The average molecular weight is 330 g/mol. The summed E-state index contributed by atoms with van der Waals surface area (Å²) in [7, 11) is 0. The van der Waals surface area contributed by atoms with E-state index in [4.69, 9.17) is 34.8 Å². The Hall–Kier alpha value is -1.29. The van der Waals surface area contributed by atoms with Crippen molar-refractivity contribution >= 4 is 45.8 Å². The second-order valence-corrected chi connectivity index (χ2v) is 5.31. The van der Waals surface area contributed by atoms with E-state index in [-0.39, 0.29) is 10.9 Å². The summed E-state index contributed by atoms with van der Waals surface area (Å²) in [4.78, 5) is 4.38. The van der Waals surface area contributed by atoms with Crippen LogP contribution in [0, 0.1) is 5.82 Å². The van der Waals surface area contributed by atoms with Gasteiger partial charge in [-0.25, -0.2) is 9.37 Å². The Morgan fingerprint density at radius 3 is 2.70 bits per heavy atom. The molecule has 0 fully saturated rings. The molecule has 0 aliphatic rings. The van der Waals surface area contributed by atoms with Crippen LogP contribution >= 0.6 is 34.8 Å². The molecule has 1 aromatic heterocycles. The van der Waals surface area contributed by atoms with Gasteiger partial charge in [-0.2, -0.15) is 0 Å². The molecular weight excluding hydrogens is 322 g/mol. The number of halogens is 4. The molecule has 6 heteroatoms. The number of imidazole rings is 1. The van der Waals surface area contributed by atoms with E-state index in [0.717, 1.165) is 0 Å². The third-order valence-electron chi connectivity index (χ3n) is 2.98. The van der Waals surface area contributed by atoms with E-state index in [2.05, 4.69) is 4.98 Å². The maximum absolute atomic E-state index is 14.3. The van der Waals surface area contributed by atoms with Gasteiger partial charge in [0.25, 0.3) is 0 Å². The second kappa shape index (κ2) is 5.24. The van der Waals surface area contributed by atoms with Crippen molar-refractivity contribution in [2.45, 2.75) is 5.88 Å². The molecule has 0 saturated carbocycles. The maximum Gasteiger partial charge on any atom is 0.165 e. The van der Waals surface area contributed by atoms with Crippen molar-refractivity contribution < 1.29 is 4.39 Å². The van der Waals surface area contributed by atoms with Crippen LogP contribution in [0.15, 0.2) is 36.4 Å². The van der Waals surface area contributed by atoms with E-state index >= 15 is 0 Å². The van der Waals surface area contributed by atoms with Crippen molar-refractivity contribution in [1.29, 1.82) is 0 Å². The summed E-state index contributed by atoms with van der Waals surface area (Å²) in [6.45, 7) is 0. The quantitative estimate of drug-likeness (QED) is 0.590. The molecule has 3 rings (SSSR count). The zero-order chi connectivity index (χ0) is 14.3. The van der Waals surface area contributed by atoms with Gasteiger partial charge >= 0.3 is 0 Å². The van der Waals surface area contributed by atoms with E-state index in [1.807, 2.05) is 0 Å². The molecule has 1 heterocycles. The summed E-state index contributed by atoms with van der Waals surface area (Å²) in [6, 6.07) is 10.0. The molecule has 0 aliphatic heterocycles. The van der Waals surface area contributed by atoms with Crippen molar-refractivity contribution in [3.8, 4) is 5.69 Å². The van der Waals surface area contributed by atoms with Gasteiger partial charge in [-0.1, -0.05) is 29.3 Å². The molecule has 102 valence electrons. The van der Waals surface area contributed by atoms with E-state index in [1.165, 1.54) is 6.07 Å². The Morgan fingerprint density at radius 2 is 1.95 bits per heavy atom. The molecule has 0 atom stereocenters. The molecule has 0 bridgehead atoms. The van der Waals surface area contributed by atoms with Crippen LogP contribution in [0.2, 0.25) is 10.0 Å². The Morgan fingerprint density at radius 1 is 1.15 bits per heavy atom. The molecular formula is C14H8Cl3FN2. The van der Waals surface area contributed by atoms with Crippen LogP contribution in [0.25, 0.3) is 16.7 Å². The zero-order valence-electron chi connectivity index (χ0n) is 10.1. The Balaban J connectivity index is 2.39. The third-order valence-corrected chi connectivity index (χ3v) is 3.74. The molecule has 0 unspecified atom stereocenters. The number of fused-ring (bicyclic) bond motifs is 1. The van der Waals surface area contributed by atoms with Gasteiger partial charge in [0.05, 0.1) is 27.6 Å². The van der Waals surface area contributed by atoms with Crippen LogP contribution in [0.1, 0.15) is 5.82 Å². The highest BCUT2D eigenvalue weighted by Crippen LogP contribution is 2.29. The fourth-order valence-corrected chi connectivity index (χ4v) is 2.64. The molecule has 2 aromatic carbocycles. The fourth-order valence-electron chi connectivity index (χ4n) is 2.12. The van der Waals surface area contributed by atoms with E-state index in [0.29, 0.717) is 27.6 Å². The Kier molecular flexibility index (Phi) is 3.59. The minimum absolute atomic E-state index is 0.0481. The number of benzene rings is 2. The Bertz CT molecular complexity index is 798. The van der Waals surface area contributed by atoms with Gasteiger partial charge < -0.3 is 0 Å². The van der Waals surface area contributed by atoms with Crippen molar-refractivity contribution in [2.24, 2.45) is 0 Å². The Labute approximate surface area is 129 Å². The van der Waals surface area contributed by atoms with Crippen LogP contribution < -0.4 is 0 Å². The minimum atomic E-state index is -0.514. The molecule has 0 spiro atoms. The van der Waals surface area contributed by atoms with Gasteiger partial charge in [-0.15, -0.1) is 11.6 Å². The summed E-state index contributed by atoms with van der Waals surface area (Å²) >= 11 is 17.8. The van der Waals surface area contributed by atoms with Gasteiger partial charge in [-0.05, 0) is 30.3 Å². The van der Waals surface area contributed by atoms with Crippen molar-refractivity contribution in [3.63, 3.8) is 0 Å². The number of nitrogens with zero attached hydrogens (tertiary/aromatic N) is 2. The lowest BCUT2D eigenvalue weighted by Crippen LogP contribution is -2.02. The highest BCUT2D eigenvalue weighted by Gasteiger charge is 2.16. The summed E-state index contributed by atoms with van der Waals surface area (Å²) < 4.78 is 15.9. The smallest absolute Gasteiger partial charge is 0.165 e. The zero-order valence-corrected chi connectivity index (χ0v) is 12.3. The first-order chi connectivity index (χ1) is 9.61. The predicted octanol–water partition coefficient (Wildman–Crippen LogP) is 5.21. The van der Waals surface area contributed by atoms with Crippen LogP contribution in [-0.2, 0) is 5.88 Å². The molecule has 20 heavy (non-hydrogen) atoms. The summed E-state index contributed by atoms with van der Waals surface area (Å²) in [5.41, 5.74) is 1.69. The third kappa shape index (κ3) is 2.16. The van der Waals surface area contributed by atoms with Gasteiger partial charge in [-0.3, -0.25) is 4.57 Å². The number of rotatable bonds is 2. The molecule has 0 amide bonds. The number of alkyl halides is 1. The van der Waals surface area contributed by atoms with E-state index in [9.17, 15) is 4.39 Å². The second-order valence-electron chi connectivity index (χ2n) is 4.20. The first-order valence-electron chi connectivity index (χ1n) is 5.79. The first kappa shape index (κ1) is 13.7. The lowest BCUT2D eigenvalue weighted by Gasteiger charge is -2.10. The average Bonchev–Trinajstić information content (AvgIpc) is 2.79. The van der Waals surface area contributed by atoms with E-state index < -0.39 is 5.82 Å². The number of hydrogen-bond donors (Lipinski definition) is 0. The predicted molar refractivity (Wildman–Crippen MR) is 80.6 cm³/mol. The standard InChI is InChI=1S/C14H8Cl3FN2/c15-7-13-19-10-5-4-8(16)6-12(10)20(13)11-3-1-2-9(17)14(11)18/h1-6H,7H2. The highest BCUT2D eigenvalue weighted by molar-refractivity contribution is 6.31. The SMILES string of the molecule is Fc1c(Cl)cccc1-n1c(CCl)nc2ccc(Cl)cc21. The maximum atomic E-state index is 14.3. The van der Waals surface area contributed by atoms with Crippen LogP contribution in [-0.4, -0.2) is 9.55 Å². The normalized spacial score (nSPS) is 11.2. The molecule has 0 radical (unpaired) electrons. The first-order valence-corrected chi connectivity index (χ1v) is 7.08. The molecule has 2 nitrogen and oxygen atoms in total. The van der Waals surface area contributed by atoms with Crippen molar-refractivity contribution in [3.05, 3.63) is 58.1 Å². The van der Waals surface area contributed by atoms with Crippen LogP contribution in [0.4, 0.5) is 4.39 Å². The van der Waals surface area contributed by atoms with Gasteiger partial charge in [0, 0.05) is 5.02 Å². The summed E-state index contributed by atoms with van der Waals surface area (Å²) in [5, 5.41) is 0.592. The van der Waals surface area contributed by atoms with Crippen molar-refractivity contribution in [1.82, 2.24) is 9.55 Å². The molecule has 0 aliphatic carbocycles. The van der Waals surface area contributed by atoms with Gasteiger partial charge in [0.1, 0.15) is 5.82 Å². The molecule has 0 N–H and O–H groups in total. The minimum Gasteiger partial charge on any atom is -0.292 e. The summed E-state index contributed by atoms with van der Waals surface area (Å²) in [5.74, 6) is 0.169. The number of hydrogen-bond acceptors (Lipinski definition) is 1. The van der Waals surface area contributed by atoms with Crippen LogP contribution in [0.3, 0.4) is 0 Å². The topological polar surface area (TPSA) is 17.8 Å². The molecule has 3 aromatic rings. The van der Waals surface area contributed by atoms with Crippen LogP contribution in [0.5, 0.6) is 0 Å². The largest absolute Gasteiger partial charge is 0.292 e. The monoisotopic (exact) mass is 328 g/mol. The lowest BCUT2D eigenvalue weighted by molar-refractivity contribution is 0.618. The van der Waals surface area contributed by atoms with E-state index in [1.54, 1.807) is 34.9 Å². The highest BCUT2D eigenvalue weighted by atomic mass is 35.5. The molecule has 0 saturated heterocycles. The lowest BCUT2D eigenvalue weighted by atomic mass is 10.2. The van der Waals surface area contributed by atoms with Gasteiger partial charge in [0.15, 0.2) is 5.82 Å². The van der Waals surface area contributed by atoms with Crippen molar-refractivity contribution in [2.75, 3.05) is 0 Å². The fraction of sp³-hybridized carbons (Fsp3) is 0.0714. The van der Waals surface area contributed by atoms with Gasteiger partial charge in [0.2, 0.25) is 0 Å². The number of aromatic nitrogens is 2. The summed E-state index contributed by atoms with van der Waals surface area (Å²) in [6.07, 6.45) is 0.